The van der Waals surface area contributed by atoms with Crippen molar-refractivity contribution >= 4 is 90.9 Å². The third-order valence-electron chi connectivity index (χ3n) is 12.1. The van der Waals surface area contributed by atoms with E-state index in [2.05, 4.69) is 229 Å². The summed E-state index contributed by atoms with van der Waals surface area (Å²) in [6.45, 7) is 0. The molecule has 286 valence electrons. The lowest BCUT2D eigenvalue weighted by Crippen LogP contribution is -2.10. The number of rotatable bonds is 7. The van der Waals surface area contributed by atoms with Crippen molar-refractivity contribution in [2.75, 3.05) is 4.90 Å². The fraction of sp³-hybridized carbons (Fsp3) is 0. The van der Waals surface area contributed by atoms with Crippen molar-refractivity contribution in [1.82, 2.24) is 0 Å². The summed E-state index contributed by atoms with van der Waals surface area (Å²) in [7, 11) is 0. The fourth-order valence-electron chi connectivity index (χ4n) is 9.14. The zero-order valence-corrected chi connectivity index (χ0v) is 34.8. The molecule has 3 heteroatoms. The van der Waals surface area contributed by atoms with Crippen LogP contribution in [0.3, 0.4) is 0 Å². The summed E-state index contributed by atoms with van der Waals surface area (Å²) < 4.78 is 5.31. The minimum absolute atomic E-state index is 1.10. The quantitative estimate of drug-likeness (QED) is 0.155. The first-order valence-electron chi connectivity index (χ1n) is 20.7. The molecule has 10 aromatic carbocycles. The molecule has 0 aliphatic heterocycles. The summed E-state index contributed by atoms with van der Waals surface area (Å²) in [5, 5.41) is 7.79. The monoisotopic (exact) mass is 811 g/mol. The Kier molecular flexibility index (Phi) is 8.62. The molecule has 0 aliphatic carbocycles. The van der Waals surface area contributed by atoms with E-state index >= 15 is 0 Å². The van der Waals surface area contributed by atoms with Gasteiger partial charge in [-0.25, -0.2) is 0 Å². The molecule has 2 aromatic heterocycles. The highest BCUT2D eigenvalue weighted by molar-refractivity contribution is 7.26. The molecule has 0 atom stereocenters. The van der Waals surface area contributed by atoms with Crippen LogP contribution in [0.25, 0.3) is 95.6 Å². The molecule has 0 unspecified atom stereocenters. The third kappa shape index (κ3) is 6.21. The highest BCUT2D eigenvalue weighted by Gasteiger charge is 2.17. The summed E-state index contributed by atoms with van der Waals surface area (Å²) in [6.07, 6.45) is 0. The van der Waals surface area contributed by atoms with E-state index < -0.39 is 0 Å². The lowest BCUT2D eigenvalue weighted by Gasteiger charge is -2.26. The van der Waals surface area contributed by atoms with Gasteiger partial charge < -0.3 is 4.90 Å². The molecule has 0 amide bonds. The number of thiophene rings is 2. The van der Waals surface area contributed by atoms with Gasteiger partial charge in [0.2, 0.25) is 0 Å². The van der Waals surface area contributed by atoms with E-state index in [0.717, 1.165) is 17.1 Å². The van der Waals surface area contributed by atoms with Crippen LogP contribution in [0.1, 0.15) is 0 Å². The summed E-state index contributed by atoms with van der Waals surface area (Å²) in [5.41, 5.74) is 13.1. The van der Waals surface area contributed by atoms with Crippen LogP contribution in [-0.4, -0.2) is 0 Å². The predicted octanol–water partition coefficient (Wildman–Crippen LogP) is 17.7. The van der Waals surface area contributed by atoms with Gasteiger partial charge in [0.05, 0.1) is 0 Å². The molecule has 61 heavy (non-hydrogen) atoms. The van der Waals surface area contributed by atoms with Gasteiger partial charge in [-0.15, -0.1) is 22.7 Å². The number of anilines is 3. The zero-order chi connectivity index (χ0) is 40.3. The normalized spacial score (nSPS) is 11.6. The standard InChI is InChI=1S/C58H37NS2/c1-2-18-47-38(12-1)13-9-21-48(47)39-28-32-44(33-29-39)59(45-34-30-40(31-35-45)49-22-10-24-53-51-19-3-5-26-55(51)60-57(49)53)46-17-8-15-42(37-46)41-14-7-16-43(36-41)50-23-11-25-54-52-20-4-6-27-56(52)61-58(50)54/h1-37H. The lowest BCUT2D eigenvalue weighted by atomic mass is 9.97. The number of nitrogens with zero attached hydrogens (tertiary/aromatic N) is 1. The van der Waals surface area contributed by atoms with Gasteiger partial charge in [0.15, 0.2) is 0 Å². The van der Waals surface area contributed by atoms with Crippen LogP contribution in [0.5, 0.6) is 0 Å². The average molecular weight is 812 g/mol. The minimum Gasteiger partial charge on any atom is -0.310 e. The van der Waals surface area contributed by atoms with E-state index in [1.165, 1.54) is 95.6 Å². The second-order valence-electron chi connectivity index (χ2n) is 15.6. The van der Waals surface area contributed by atoms with E-state index in [1.807, 2.05) is 22.7 Å². The zero-order valence-electron chi connectivity index (χ0n) is 33.1. The lowest BCUT2D eigenvalue weighted by molar-refractivity contribution is 1.28. The van der Waals surface area contributed by atoms with Gasteiger partial charge in [-0.3, -0.25) is 0 Å². The maximum atomic E-state index is 2.39. The maximum Gasteiger partial charge on any atom is 0.0467 e. The molecule has 2 heterocycles. The SMILES string of the molecule is c1cc(-c2cccc(N(c3ccc(-c4cccc5ccccc45)cc3)c3ccc(-c4cccc5c4sc4ccccc45)cc3)c2)cc(-c2cccc3c2sc2ccccc23)c1. The van der Waals surface area contributed by atoms with Crippen molar-refractivity contribution in [2.45, 2.75) is 0 Å². The Bertz CT molecular complexity index is 3590. The molecule has 0 N–H and O–H groups in total. The second-order valence-corrected chi connectivity index (χ2v) is 17.8. The van der Waals surface area contributed by atoms with Crippen LogP contribution in [-0.2, 0) is 0 Å². The topological polar surface area (TPSA) is 3.24 Å². The van der Waals surface area contributed by atoms with Crippen LogP contribution in [0, 0.1) is 0 Å². The van der Waals surface area contributed by atoms with Crippen LogP contribution in [0.15, 0.2) is 224 Å². The highest BCUT2D eigenvalue weighted by Crippen LogP contribution is 2.44. The van der Waals surface area contributed by atoms with Crippen molar-refractivity contribution in [2.24, 2.45) is 0 Å². The predicted molar refractivity (Wildman–Crippen MR) is 266 cm³/mol. The largest absolute Gasteiger partial charge is 0.310 e. The molecule has 0 aliphatic rings. The van der Waals surface area contributed by atoms with Gasteiger partial charge in [-0.05, 0) is 110 Å². The maximum absolute atomic E-state index is 2.39. The third-order valence-corrected chi connectivity index (χ3v) is 14.5. The van der Waals surface area contributed by atoms with Crippen molar-refractivity contribution in [1.29, 1.82) is 0 Å². The van der Waals surface area contributed by atoms with Crippen molar-refractivity contribution in [3.63, 3.8) is 0 Å². The summed E-state index contributed by atoms with van der Waals surface area (Å²) >= 11 is 3.76. The number of benzene rings is 10. The Morgan fingerprint density at radius 3 is 1.36 bits per heavy atom. The number of hydrogen-bond acceptors (Lipinski definition) is 3. The molecule has 0 fully saturated rings. The minimum atomic E-state index is 1.10. The highest BCUT2D eigenvalue weighted by atomic mass is 32.1. The average Bonchev–Trinajstić information content (AvgIpc) is 3.91. The van der Waals surface area contributed by atoms with E-state index in [4.69, 9.17) is 0 Å². The van der Waals surface area contributed by atoms with Crippen molar-refractivity contribution in [3.05, 3.63) is 224 Å². The van der Waals surface area contributed by atoms with Crippen LogP contribution in [0.2, 0.25) is 0 Å². The van der Waals surface area contributed by atoms with Gasteiger partial charge in [0.25, 0.3) is 0 Å². The molecule has 0 saturated heterocycles. The van der Waals surface area contributed by atoms with Gasteiger partial charge in [-0.2, -0.15) is 0 Å². The molecule has 12 rings (SSSR count). The smallest absolute Gasteiger partial charge is 0.0467 e. The molecule has 0 radical (unpaired) electrons. The van der Waals surface area contributed by atoms with Crippen LogP contribution in [0.4, 0.5) is 17.1 Å². The molecule has 12 aromatic rings. The van der Waals surface area contributed by atoms with Crippen molar-refractivity contribution in [3.8, 4) is 44.5 Å². The van der Waals surface area contributed by atoms with Crippen molar-refractivity contribution < 1.29 is 0 Å². The molecule has 1 nitrogen and oxygen atoms in total. The van der Waals surface area contributed by atoms with E-state index in [1.54, 1.807) is 0 Å². The molecule has 0 spiro atoms. The van der Waals surface area contributed by atoms with E-state index in [-0.39, 0.29) is 0 Å². The molecule has 0 bridgehead atoms. The first kappa shape index (κ1) is 35.6. The fourth-order valence-corrected chi connectivity index (χ4v) is 11.6. The van der Waals surface area contributed by atoms with Crippen LogP contribution < -0.4 is 4.90 Å². The number of fused-ring (bicyclic) bond motifs is 7. The summed E-state index contributed by atoms with van der Waals surface area (Å²) in [5.74, 6) is 0. The number of hydrogen-bond donors (Lipinski definition) is 0. The Labute approximate surface area is 362 Å². The van der Waals surface area contributed by atoms with Gasteiger partial charge >= 0.3 is 0 Å². The van der Waals surface area contributed by atoms with Gasteiger partial charge in [0.1, 0.15) is 0 Å². The molecular formula is C58H37NS2. The second kappa shape index (κ2) is 14.8. The Morgan fingerprint density at radius 1 is 0.262 bits per heavy atom. The molecule has 0 saturated carbocycles. The first-order chi connectivity index (χ1) is 30.2. The van der Waals surface area contributed by atoms with E-state index in [0.29, 0.717) is 0 Å². The summed E-state index contributed by atoms with van der Waals surface area (Å²) in [4.78, 5) is 2.39. The van der Waals surface area contributed by atoms with Gasteiger partial charge in [-0.1, -0.05) is 170 Å². The van der Waals surface area contributed by atoms with Gasteiger partial charge in [0, 0.05) is 57.4 Å². The van der Waals surface area contributed by atoms with Crippen LogP contribution >= 0.6 is 22.7 Å². The Morgan fingerprint density at radius 2 is 0.705 bits per heavy atom. The Balaban J connectivity index is 0.957. The first-order valence-corrected chi connectivity index (χ1v) is 22.4. The summed E-state index contributed by atoms with van der Waals surface area (Å²) in [6, 6.07) is 82.3. The Hall–Kier alpha value is -7.30. The molecular weight excluding hydrogens is 775 g/mol. The van der Waals surface area contributed by atoms with E-state index in [9.17, 15) is 0 Å².